The molecule has 0 spiro atoms. The van der Waals surface area contributed by atoms with Crippen LogP contribution in [0.3, 0.4) is 0 Å². The van der Waals surface area contributed by atoms with E-state index in [9.17, 15) is 0 Å². The number of rotatable bonds is 0. The maximum Gasteiger partial charge on any atom is 0.123 e. The monoisotopic (exact) mass is 180 g/mol. The van der Waals surface area contributed by atoms with Crippen molar-refractivity contribution < 1.29 is 4.74 Å². The minimum absolute atomic E-state index is 0.848. The van der Waals surface area contributed by atoms with Crippen molar-refractivity contribution in [2.24, 2.45) is 0 Å². The molecule has 1 aromatic carbocycles. The van der Waals surface area contributed by atoms with E-state index >= 15 is 0 Å². The first kappa shape index (κ1) is 7.99. The molecule has 1 nitrogen and oxygen atoms in total. The molecule has 0 bridgehead atoms. The molecule has 12 heavy (non-hydrogen) atoms. The highest BCUT2D eigenvalue weighted by Crippen LogP contribution is 2.27. The van der Waals surface area contributed by atoms with Crippen LogP contribution >= 0.6 is 11.8 Å². The van der Waals surface area contributed by atoms with Crippen LogP contribution in [0.15, 0.2) is 18.2 Å². The minimum atomic E-state index is 0.848. The van der Waals surface area contributed by atoms with Gasteiger partial charge < -0.3 is 4.74 Å². The van der Waals surface area contributed by atoms with Gasteiger partial charge in [0.25, 0.3) is 0 Å². The van der Waals surface area contributed by atoms with Crippen molar-refractivity contribution in [3.63, 3.8) is 0 Å². The topological polar surface area (TPSA) is 9.23 Å². The van der Waals surface area contributed by atoms with Crippen molar-refractivity contribution in [3.05, 3.63) is 29.3 Å². The minimum Gasteiger partial charge on any atom is -0.492 e. The van der Waals surface area contributed by atoms with Crippen LogP contribution in [0.2, 0.25) is 0 Å². The molecule has 0 saturated carbocycles. The maximum absolute atomic E-state index is 5.58. The summed E-state index contributed by atoms with van der Waals surface area (Å²) in [5.74, 6) is 3.27. The maximum atomic E-state index is 5.58. The van der Waals surface area contributed by atoms with E-state index in [0.717, 1.165) is 23.9 Å². The summed E-state index contributed by atoms with van der Waals surface area (Å²) in [6.07, 6.45) is 0. The molecule has 0 unspecified atom stereocenters. The zero-order valence-electron chi connectivity index (χ0n) is 7.17. The highest BCUT2D eigenvalue weighted by Gasteiger charge is 2.07. The van der Waals surface area contributed by atoms with E-state index in [-0.39, 0.29) is 0 Å². The normalized spacial score (nSPS) is 16.1. The Morgan fingerprint density at radius 2 is 2.33 bits per heavy atom. The first-order valence-corrected chi connectivity index (χ1v) is 5.32. The van der Waals surface area contributed by atoms with Crippen LogP contribution < -0.4 is 4.74 Å². The molecule has 0 N–H and O–H groups in total. The summed E-state index contributed by atoms with van der Waals surface area (Å²) >= 11 is 1.94. The molecular weight excluding hydrogens is 168 g/mol. The van der Waals surface area contributed by atoms with Crippen LogP contribution in [0, 0.1) is 6.92 Å². The number of fused-ring (bicyclic) bond motifs is 1. The second-order valence-electron chi connectivity index (χ2n) is 3.01. The smallest absolute Gasteiger partial charge is 0.123 e. The highest BCUT2D eigenvalue weighted by molar-refractivity contribution is 7.98. The molecule has 0 atom stereocenters. The van der Waals surface area contributed by atoms with Crippen molar-refractivity contribution in [1.29, 1.82) is 0 Å². The van der Waals surface area contributed by atoms with Gasteiger partial charge in [-0.25, -0.2) is 0 Å². The Bertz CT molecular complexity index is 283. The number of hydrogen-bond donors (Lipinski definition) is 0. The van der Waals surface area contributed by atoms with Crippen LogP contribution in [0.5, 0.6) is 5.75 Å². The molecule has 64 valence electrons. The summed E-state index contributed by atoms with van der Waals surface area (Å²) < 4.78 is 5.58. The second-order valence-corrected chi connectivity index (χ2v) is 4.12. The lowest BCUT2D eigenvalue weighted by Crippen LogP contribution is -1.97. The SMILES string of the molecule is Cc1ccc2c(c1)CSCCO2. The van der Waals surface area contributed by atoms with Gasteiger partial charge in [-0.3, -0.25) is 0 Å². The number of benzene rings is 1. The van der Waals surface area contributed by atoms with Gasteiger partial charge in [0.15, 0.2) is 0 Å². The van der Waals surface area contributed by atoms with Crippen molar-refractivity contribution in [1.82, 2.24) is 0 Å². The van der Waals surface area contributed by atoms with Gasteiger partial charge >= 0.3 is 0 Å². The zero-order valence-corrected chi connectivity index (χ0v) is 7.99. The van der Waals surface area contributed by atoms with E-state index < -0.39 is 0 Å². The van der Waals surface area contributed by atoms with Crippen LogP contribution in [-0.4, -0.2) is 12.4 Å². The van der Waals surface area contributed by atoms with E-state index in [0.29, 0.717) is 0 Å². The average Bonchev–Trinajstić information content (AvgIpc) is 2.28. The highest BCUT2D eigenvalue weighted by atomic mass is 32.2. The summed E-state index contributed by atoms with van der Waals surface area (Å²) in [5, 5.41) is 0. The van der Waals surface area contributed by atoms with Gasteiger partial charge in [-0.15, -0.1) is 0 Å². The van der Waals surface area contributed by atoms with E-state index in [1.807, 2.05) is 11.8 Å². The van der Waals surface area contributed by atoms with Crippen LogP contribution in [-0.2, 0) is 5.75 Å². The van der Waals surface area contributed by atoms with Gasteiger partial charge in [0, 0.05) is 17.1 Å². The van der Waals surface area contributed by atoms with Crippen LogP contribution in [0.1, 0.15) is 11.1 Å². The van der Waals surface area contributed by atoms with Gasteiger partial charge in [0.1, 0.15) is 5.75 Å². The number of thioether (sulfide) groups is 1. The van der Waals surface area contributed by atoms with Crippen molar-refractivity contribution in [2.45, 2.75) is 12.7 Å². The molecule has 1 heterocycles. The molecule has 0 amide bonds. The first-order chi connectivity index (χ1) is 5.86. The predicted octanol–water partition coefficient (Wildman–Crippen LogP) is 2.62. The molecule has 0 fully saturated rings. The molecule has 2 heteroatoms. The Labute approximate surface area is 77.1 Å². The van der Waals surface area contributed by atoms with Gasteiger partial charge in [-0.2, -0.15) is 11.8 Å². The van der Waals surface area contributed by atoms with E-state index in [1.165, 1.54) is 11.1 Å². The van der Waals surface area contributed by atoms with Crippen molar-refractivity contribution in [3.8, 4) is 5.75 Å². The van der Waals surface area contributed by atoms with E-state index in [1.54, 1.807) is 0 Å². The summed E-state index contributed by atoms with van der Waals surface area (Å²) in [4.78, 5) is 0. The summed E-state index contributed by atoms with van der Waals surface area (Å²) in [7, 11) is 0. The molecule has 0 aromatic heterocycles. The quantitative estimate of drug-likeness (QED) is 0.607. The van der Waals surface area contributed by atoms with E-state index in [2.05, 4.69) is 25.1 Å². The lowest BCUT2D eigenvalue weighted by molar-refractivity contribution is 0.343. The van der Waals surface area contributed by atoms with Gasteiger partial charge in [0.2, 0.25) is 0 Å². The van der Waals surface area contributed by atoms with Crippen LogP contribution in [0.25, 0.3) is 0 Å². The molecule has 0 saturated heterocycles. The first-order valence-electron chi connectivity index (χ1n) is 4.16. The van der Waals surface area contributed by atoms with Gasteiger partial charge in [-0.05, 0) is 13.0 Å². The molecule has 0 aliphatic carbocycles. The number of ether oxygens (including phenoxy) is 1. The lowest BCUT2D eigenvalue weighted by Gasteiger charge is -2.06. The number of hydrogen-bond acceptors (Lipinski definition) is 2. The average molecular weight is 180 g/mol. The van der Waals surface area contributed by atoms with E-state index in [4.69, 9.17) is 4.74 Å². The Morgan fingerprint density at radius 3 is 3.25 bits per heavy atom. The summed E-state index contributed by atoms with van der Waals surface area (Å²) in [6.45, 7) is 2.97. The summed E-state index contributed by atoms with van der Waals surface area (Å²) in [6, 6.07) is 6.40. The fraction of sp³-hybridized carbons (Fsp3) is 0.400. The molecule has 1 aliphatic rings. The third-order valence-electron chi connectivity index (χ3n) is 1.96. The van der Waals surface area contributed by atoms with Crippen molar-refractivity contribution in [2.75, 3.05) is 12.4 Å². The van der Waals surface area contributed by atoms with Gasteiger partial charge in [-0.1, -0.05) is 17.7 Å². The summed E-state index contributed by atoms with van der Waals surface area (Å²) in [5.41, 5.74) is 2.66. The van der Waals surface area contributed by atoms with Gasteiger partial charge in [0.05, 0.1) is 6.61 Å². The fourth-order valence-electron chi connectivity index (χ4n) is 1.35. The third-order valence-corrected chi connectivity index (χ3v) is 2.93. The third kappa shape index (κ3) is 1.58. The lowest BCUT2D eigenvalue weighted by atomic mass is 10.1. The van der Waals surface area contributed by atoms with Crippen molar-refractivity contribution >= 4 is 11.8 Å². The Kier molecular flexibility index (Phi) is 2.26. The fourth-order valence-corrected chi connectivity index (χ4v) is 2.15. The van der Waals surface area contributed by atoms with Crippen LogP contribution in [0.4, 0.5) is 0 Å². The number of aryl methyl sites for hydroxylation is 1. The molecule has 1 aromatic rings. The Balaban J connectivity index is 2.36. The zero-order chi connectivity index (χ0) is 8.39. The predicted molar refractivity (Wildman–Crippen MR) is 52.8 cm³/mol. The Morgan fingerprint density at radius 1 is 1.42 bits per heavy atom. The largest absolute Gasteiger partial charge is 0.492 e. The molecule has 1 aliphatic heterocycles. The molecule has 2 rings (SSSR count). The second kappa shape index (κ2) is 3.40. The molecular formula is C10H12OS. The Hall–Kier alpha value is -0.630. The standard InChI is InChI=1S/C10H12OS/c1-8-2-3-10-9(6-8)7-12-5-4-11-10/h2-3,6H,4-5,7H2,1H3. The molecule has 0 radical (unpaired) electrons.